The second-order valence-corrected chi connectivity index (χ2v) is 4.00. The zero-order chi connectivity index (χ0) is 12.3. The Kier molecular flexibility index (Phi) is 4.26. The number of hydrogen-bond acceptors (Lipinski definition) is 3. The van der Waals surface area contributed by atoms with Crippen LogP contribution in [0.1, 0.15) is 11.5 Å². The Morgan fingerprint density at radius 1 is 1.69 bits per heavy atom. The van der Waals surface area contributed by atoms with Gasteiger partial charge in [0.25, 0.3) is 0 Å². The first kappa shape index (κ1) is 12.9. The molecular weight excluding hydrogens is 281 g/mol. The molecule has 0 saturated heterocycles. The molecule has 4 nitrogen and oxygen atoms in total. The Morgan fingerprint density at radius 2 is 2.31 bits per heavy atom. The number of ether oxygens (including phenoxy) is 1. The average Bonchev–Trinajstić information content (AvgIpc) is 2.17. The van der Waals surface area contributed by atoms with Crippen molar-refractivity contribution >= 4 is 21.9 Å². The van der Waals surface area contributed by atoms with E-state index in [2.05, 4.69) is 15.9 Å². The van der Waals surface area contributed by atoms with Crippen LogP contribution in [0, 0.1) is 5.82 Å². The maximum absolute atomic E-state index is 13.5. The van der Waals surface area contributed by atoms with Crippen molar-refractivity contribution in [2.24, 2.45) is 5.73 Å². The Hall–Kier alpha value is -1.14. The number of methoxy groups -OCH3 is 1. The summed E-state index contributed by atoms with van der Waals surface area (Å²) in [6, 6.07) is 2.61. The largest absolute Gasteiger partial charge is 0.492 e. The molecule has 0 fully saturated rings. The summed E-state index contributed by atoms with van der Waals surface area (Å²) < 4.78 is 18.7. The van der Waals surface area contributed by atoms with Gasteiger partial charge < -0.3 is 15.6 Å². The second-order valence-electron chi connectivity index (χ2n) is 3.14. The number of carbonyl (C=O) groups is 1. The van der Waals surface area contributed by atoms with Crippen LogP contribution in [-0.2, 0) is 4.79 Å². The molecule has 1 atom stereocenters. The molecule has 0 amide bonds. The molecule has 0 aliphatic heterocycles. The molecule has 1 unspecified atom stereocenters. The minimum Gasteiger partial charge on any atom is -0.492 e. The van der Waals surface area contributed by atoms with Gasteiger partial charge in [-0.15, -0.1) is 0 Å². The van der Waals surface area contributed by atoms with E-state index in [9.17, 15) is 9.18 Å². The lowest BCUT2D eigenvalue weighted by molar-refractivity contribution is -0.138. The molecule has 0 aliphatic carbocycles. The highest BCUT2D eigenvalue weighted by Crippen LogP contribution is 2.31. The summed E-state index contributed by atoms with van der Waals surface area (Å²) in [6.07, 6.45) is 0. The molecule has 0 aliphatic rings. The number of halogens is 2. The van der Waals surface area contributed by atoms with E-state index in [4.69, 9.17) is 15.6 Å². The van der Waals surface area contributed by atoms with E-state index in [0.29, 0.717) is 10.0 Å². The third-order valence-corrected chi connectivity index (χ3v) is 2.75. The maximum Gasteiger partial charge on any atom is 0.312 e. The van der Waals surface area contributed by atoms with E-state index in [1.54, 1.807) is 0 Å². The monoisotopic (exact) mass is 291 g/mol. The fourth-order valence-electron chi connectivity index (χ4n) is 1.36. The van der Waals surface area contributed by atoms with Gasteiger partial charge in [-0.25, -0.2) is 4.39 Å². The van der Waals surface area contributed by atoms with Gasteiger partial charge in [0.05, 0.1) is 17.5 Å². The number of carboxylic acid groups (broad SMARTS) is 1. The number of aliphatic carboxylic acids is 1. The summed E-state index contributed by atoms with van der Waals surface area (Å²) in [5.41, 5.74) is 5.63. The van der Waals surface area contributed by atoms with Crippen LogP contribution in [0.2, 0.25) is 0 Å². The van der Waals surface area contributed by atoms with Crippen molar-refractivity contribution in [1.29, 1.82) is 0 Å². The van der Waals surface area contributed by atoms with Gasteiger partial charge in [-0.2, -0.15) is 0 Å². The molecule has 0 aromatic heterocycles. The first-order valence-corrected chi connectivity index (χ1v) is 5.26. The molecular formula is C10H11BrFNO3. The van der Waals surface area contributed by atoms with E-state index in [1.807, 2.05) is 0 Å². The highest BCUT2D eigenvalue weighted by molar-refractivity contribution is 9.10. The van der Waals surface area contributed by atoms with Crippen molar-refractivity contribution in [1.82, 2.24) is 0 Å². The van der Waals surface area contributed by atoms with Gasteiger partial charge in [0, 0.05) is 6.54 Å². The number of nitrogens with two attached hydrogens (primary N) is 1. The number of hydrogen-bond donors (Lipinski definition) is 2. The van der Waals surface area contributed by atoms with Crippen LogP contribution < -0.4 is 10.5 Å². The van der Waals surface area contributed by atoms with E-state index >= 15 is 0 Å². The van der Waals surface area contributed by atoms with Crippen LogP contribution in [0.25, 0.3) is 0 Å². The topological polar surface area (TPSA) is 72.5 Å². The molecule has 6 heteroatoms. The van der Waals surface area contributed by atoms with Crippen molar-refractivity contribution in [3.05, 3.63) is 28.0 Å². The number of benzene rings is 1. The molecule has 1 rings (SSSR count). The van der Waals surface area contributed by atoms with Gasteiger partial charge in [-0.05, 0) is 33.6 Å². The fraction of sp³-hybridized carbons (Fsp3) is 0.300. The van der Waals surface area contributed by atoms with E-state index in [0.717, 1.165) is 6.07 Å². The van der Waals surface area contributed by atoms with Gasteiger partial charge in [0.15, 0.2) is 11.6 Å². The summed E-state index contributed by atoms with van der Waals surface area (Å²) in [7, 11) is 1.33. The number of carboxylic acids is 1. The van der Waals surface area contributed by atoms with Gasteiger partial charge in [-0.3, -0.25) is 4.79 Å². The van der Waals surface area contributed by atoms with Crippen LogP contribution in [0.3, 0.4) is 0 Å². The lowest BCUT2D eigenvalue weighted by Crippen LogP contribution is -2.21. The third kappa shape index (κ3) is 2.51. The minimum absolute atomic E-state index is 0.0462. The Balaban J connectivity index is 3.21. The Labute approximate surface area is 100 Å². The zero-order valence-electron chi connectivity index (χ0n) is 8.54. The smallest absolute Gasteiger partial charge is 0.312 e. The highest BCUT2D eigenvalue weighted by atomic mass is 79.9. The standard InChI is InChI=1S/C10H11BrFNO3/c1-16-9-7(11)2-5(3-8(9)12)6(4-13)10(14)15/h2-3,6H,4,13H2,1H3,(H,14,15). The number of rotatable bonds is 4. The zero-order valence-corrected chi connectivity index (χ0v) is 10.1. The summed E-state index contributed by atoms with van der Waals surface area (Å²) in [4.78, 5) is 10.9. The van der Waals surface area contributed by atoms with E-state index < -0.39 is 17.7 Å². The Bertz CT molecular complexity index is 388. The van der Waals surface area contributed by atoms with Gasteiger partial charge in [0.1, 0.15) is 0 Å². The Morgan fingerprint density at radius 3 is 2.69 bits per heavy atom. The average molecular weight is 292 g/mol. The molecule has 0 saturated carbocycles. The summed E-state index contributed by atoms with van der Waals surface area (Å²) in [6.45, 7) is -0.0897. The quantitative estimate of drug-likeness (QED) is 0.886. The molecule has 0 bridgehead atoms. The van der Waals surface area contributed by atoms with Crippen molar-refractivity contribution in [3.8, 4) is 5.75 Å². The molecule has 0 radical (unpaired) electrons. The SMILES string of the molecule is COc1c(F)cc(C(CN)C(=O)O)cc1Br. The van der Waals surface area contributed by atoms with Crippen molar-refractivity contribution in [3.63, 3.8) is 0 Å². The molecule has 3 N–H and O–H groups in total. The van der Waals surface area contributed by atoms with Crippen molar-refractivity contribution < 1.29 is 19.0 Å². The second kappa shape index (κ2) is 5.27. The van der Waals surface area contributed by atoms with E-state index in [-0.39, 0.29) is 12.3 Å². The van der Waals surface area contributed by atoms with Gasteiger partial charge in [-0.1, -0.05) is 0 Å². The summed E-state index contributed by atoms with van der Waals surface area (Å²) in [5, 5.41) is 8.89. The lowest BCUT2D eigenvalue weighted by Gasteiger charge is -2.12. The summed E-state index contributed by atoms with van der Waals surface area (Å²) >= 11 is 3.11. The first-order valence-electron chi connectivity index (χ1n) is 4.47. The van der Waals surface area contributed by atoms with Crippen molar-refractivity contribution in [2.75, 3.05) is 13.7 Å². The highest BCUT2D eigenvalue weighted by Gasteiger charge is 2.21. The van der Waals surface area contributed by atoms with Crippen molar-refractivity contribution in [2.45, 2.75) is 5.92 Å². The lowest BCUT2D eigenvalue weighted by atomic mass is 9.99. The van der Waals surface area contributed by atoms with Crippen LogP contribution in [0.5, 0.6) is 5.75 Å². The minimum atomic E-state index is -1.08. The molecule has 0 spiro atoms. The fourth-order valence-corrected chi connectivity index (χ4v) is 1.97. The van der Waals surface area contributed by atoms with Gasteiger partial charge >= 0.3 is 5.97 Å². The molecule has 16 heavy (non-hydrogen) atoms. The molecule has 1 aromatic carbocycles. The summed E-state index contributed by atoms with van der Waals surface area (Å²) in [5.74, 6) is -2.58. The molecule has 0 heterocycles. The van der Waals surface area contributed by atoms with E-state index in [1.165, 1.54) is 13.2 Å². The molecule has 88 valence electrons. The third-order valence-electron chi connectivity index (χ3n) is 2.16. The maximum atomic E-state index is 13.5. The van der Waals surface area contributed by atoms with Crippen LogP contribution >= 0.6 is 15.9 Å². The van der Waals surface area contributed by atoms with Crippen LogP contribution in [0.4, 0.5) is 4.39 Å². The van der Waals surface area contributed by atoms with Crippen LogP contribution in [-0.4, -0.2) is 24.7 Å². The normalized spacial score (nSPS) is 12.2. The van der Waals surface area contributed by atoms with Crippen LogP contribution in [0.15, 0.2) is 16.6 Å². The van der Waals surface area contributed by atoms with Gasteiger partial charge in [0.2, 0.25) is 0 Å². The predicted octanol–water partition coefficient (Wildman–Crippen LogP) is 1.72. The molecule has 1 aromatic rings. The first-order chi connectivity index (χ1) is 7.51. The predicted molar refractivity (Wildman–Crippen MR) is 60.1 cm³/mol.